The first kappa shape index (κ1) is 10.5. The molecule has 5 nitrogen and oxygen atoms in total. The van der Waals surface area contributed by atoms with Crippen molar-refractivity contribution in [2.24, 2.45) is 5.73 Å². The van der Waals surface area contributed by atoms with Crippen LogP contribution in [0.3, 0.4) is 0 Å². The molecule has 0 aliphatic carbocycles. The van der Waals surface area contributed by atoms with Crippen LogP contribution in [-0.4, -0.2) is 21.5 Å². The molecule has 0 saturated carbocycles. The van der Waals surface area contributed by atoms with Gasteiger partial charge in [0.1, 0.15) is 5.82 Å². The van der Waals surface area contributed by atoms with E-state index in [9.17, 15) is 4.79 Å². The maximum Gasteiger partial charge on any atom is 0.251 e. The van der Waals surface area contributed by atoms with E-state index in [4.69, 9.17) is 5.73 Å². The summed E-state index contributed by atoms with van der Waals surface area (Å²) in [6.07, 6.45) is 3.91. The summed E-state index contributed by atoms with van der Waals surface area (Å²) < 4.78 is 0. The van der Waals surface area contributed by atoms with Gasteiger partial charge in [-0.1, -0.05) is 0 Å². The molecule has 0 radical (unpaired) electrons. The van der Waals surface area contributed by atoms with Crippen molar-refractivity contribution in [3.8, 4) is 11.4 Å². The largest absolute Gasteiger partial charge is 0.330 e. The minimum Gasteiger partial charge on any atom is -0.330 e. The lowest BCUT2D eigenvalue weighted by Crippen LogP contribution is -2.13. The van der Waals surface area contributed by atoms with Gasteiger partial charge in [-0.15, -0.1) is 0 Å². The number of pyridine rings is 1. The Bertz CT molecular complexity index is 521. The summed E-state index contributed by atoms with van der Waals surface area (Å²) in [6, 6.07) is 5.06. The molecule has 2 heterocycles. The van der Waals surface area contributed by atoms with E-state index >= 15 is 0 Å². The summed E-state index contributed by atoms with van der Waals surface area (Å²) in [5.41, 5.74) is 6.82. The zero-order valence-electron chi connectivity index (χ0n) is 8.68. The van der Waals surface area contributed by atoms with E-state index in [1.54, 1.807) is 24.5 Å². The highest BCUT2D eigenvalue weighted by atomic mass is 16.1. The molecule has 5 heteroatoms. The molecule has 0 spiro atoms. The maximum atomic E-state index is 11.4. The van der Waals surface area contributed by atoms with Gasteiger partial charge < -0.3 is 10.7 Å². The first-order chi connectivity index (χ1) is 7.79. The van der Waals surface area contributed by atoms with Crippen LogP contribution in [0.4, 0.5) is 0 Å². The summed E-state index contributed by atoms with van der Waals surface area (Å²) in [5.74, 6) is 0.554. The molecule has 0 atom stereocenters. The molecular formula is C11H12N4O. The molecule has 0 unspecified atom stereocenters. The summed E-state index contributed by atoms with van der Waals surface area (Å²) in [4.78, 5) is 22.3. The predicted molar refractivity (Wildman–Crippen MR) is 60.8 cm³/mol. The second-order valence-electron chi connectivity index (χ2n) is 3.36. The Kier molecular flexibility index (Phi) is 3.07. The molecule has 0 bridgehead atoms. The van der Waals surface area contributed by atoms with Gasteiger partial charge in [0.25, 0.3) is 5.56 Å². The van der Waals surface area contributed by atoms with E-state index < -0.39 is 0 Å². The minimum absolute atomic E-state index is 0.162. The number of nitrogens with zero attached hydrogens (tertiary/aromatic N) is 2. The average molecular weight is 216 g/mol. The van der Waals surface area contributed by atoms with E-state index in [1.807, 2.05) is 0 Å². The highest BCUT2D eigenvalue weighted by molar-refractivity contribution is 5.53. The van der Waals surface area contributed by atoms with E-state index in [-0.39, 0.29) is 5.56 Å². The molecule has 82 valence electrons. The van der Waals surface area contributed by atoms with E-state index in [1.165, 1.54) is 6.07 Å². The Balaban J connectivity index is 2.45. The molecule has 0 aromatic carbocycles. The molecule has 0 aliphatic rings. The normalized spacial score (nSPS) is 10.3. The second kappa shape index (κ2) is 4.67. The van der Waals surface area contributed by atoms with Gasteiger partial charge in [0, 0.05) is 36.1 Å². The van der Waals surface area contributed by atoms with Crippen molar-refractivity contribution >= 4 is 0 Å². The fourth-order valence-corrected chi connectivity index (χ4v) is 1.43. The van der Waals surface area contributed by atoms with Crippen molar-refractivity contribution in [1.29, 1.82) is 0 Å². The van der Waals surface area contributed by atoms with Crippen LogP contribution in [0.5, 0.6) is 0 Å². The van der Waals surface area contributed by atoms with Crippen LogP contribution in [-0.2, 0) is 6.42 Å². The molecule has 0 fully saturated rings. The SMILES string of the molecule is NCCc1cc(=O)[nH]c(-c2ccncc2)n1. The standard InChI is InChI=1S/C11H12N4O/c12-4-1-9-7-10(16)15-11(14-9)8-2-5-13-6-3-8/h2-3,5-7H,1,4,12H2,(H,14,15,16). The van der Waals surface area contributed by atoms with E-state index in [2.05, 4.69) is 15.0 Å². The Hall–Kier alpha value is -2.01. The number of H-pyrrole nitrogens is 1. The van der Waals surface area contributed by atoms with Crippen LogP contribution in [0.2, 0.25) is 0 Å². The zero-order chi connectivity index (χ0) is 11.4. The summed E-state index contributed by atoms with van der Waals surface area (Å²) in [5, 5.41) is 0. The quantitative estimate of drug-likeness (QED) is 0.774. The molecule has 0 saturated heterocycles. The van der Waals surface area contributed by atoms with Gasteiger partial charge in [-0.25, -0.2) is 4.98 Å². The molecule has 0 aliphatic heterocycles. The molecule has 0 amide bonds. The van der Waals surface area contributed by atoms with Gasteiger partial charge >= 0.3 is 0 Å². The number of rotatable bonds is 3. The van der Waals surface area contributed by atoms with Crippen molar-refractivity contribution in [3.05, 3.63) is 46.6 Å². The molecule has 3 N–H and O–H groups in total. The van der Waals surface area contributed by atoms with Gasteiger partial charge in [-0.05, 0) is 18.7 Å². The first-order valence-electron chi connectivity index (χ1n) is 5.00. The minimum atomic E-state index is -0.162. The highest BCUT2D eigenvalue weighted by Crippen LogP contribution is 2.11. The van der Waals surface area contributed by atoms with Crippen molar-refractivity contribution < 1.29 is 0 Å². The molecule has 16 heavy (non-hydrogen) atoms. The maximum absolute atomic E-state index is 11.4. The third kappa shape index (κ3) is 2.32. The smallest absolute Gasteiger partial charge is 0.251 e. The predicted octanol–water partition coefficient (Wildman–Crippen LogP) is 0.333. The first-order valence-corrected chi connectivity index (χ1v) is 5.00. The van der Waals surface area contributed by atoms with Crippen LogP contribution in [0, 0.1) is 0 Å². The lowest BCUT2D eigenvalue weighted by Gasteiger charge is -2.02. The van der Waals surface area contributed by atoms with Crippen LogP contribution in [0.15, 0.2) is 35.4 Å². The van der Waals surface area contributed by atoms with Gasteiger partial charge in [0.15, 0.2) is 0 Å². The Morgan fingerprint density at radius 3 is 2.75 bits per heavy atom. The van der Waals surface area contributed by atoms with Gasteiger partial charge in [-0.3, -0.25) is 9.78 Å². The van der Waals surface area contributed by atoms with Gasteiger partial charge in [-0.2, -0.15) is 0 Å². The fourth-order valence-electron chi connectivity index (χ4n) is 1.43. The third-order valence-corrected chi connectivity index (χ3v) is 2.15. The van der Waals surface area contributed by atoms with E-state index in [0.29, 0.717) is 24.5 Å². The van der Waals surface area contributed by atoms with Gasteiger partial charge in [0.2, 0.25) is 0 Å². The Labute approximate surface area is 92.4 Å². The number of aromatic nitrogens is 3. The van der Waals surface area contributed by atoms with Crippen molar-refractivity contribution in [2.75, 3.05) is 6.54 Å². The molecule has 2 rings (SSSR count). The second-order valence-corrected chi connectivity index (χ2v) is 3.36. The number of hydrogen-bond acceptors (Lipinski definition) is 4. The van der Waals surface area contributed by atoms with Gasteiger partial charge in [0.05, 0.1) is 0 Å². The number of aromatic amines is 1. The monoisotopic (exact) mass is 216 g/mol. The Morgan fingerprint density at radius 2 is 2.06 bits per heavy atom. The average Bonchev–Trinajstić information content (AvgIpc) is 2.30. The van der Waals surface area contributed by atoms with Crippen molar-refractivity contribution in [3.63, 3.8) is 0 Å². The number of nitrogens with two attached hydrogens (primary N) is 1. The van der Waals surface area contributed by atoms with Crippen molar-refractivity contribution in [1.82, 2.24) is 15.0 Å². The lowest BCUT2D eigenvalue weighted by atomic mass is 10.2. The summed E-state index contributed by atoms with van der Waals surface area (Å²) >= 11 is 0. The zero-order valence-corrected chi connectivity index (χ0v) is 8.68. The lowest BCUT2D eigenvalue weighted by molar-refractivity contribution is 0.905. The van der Waals surface area contributed by atoms with Crippen LogP contribution in [0.25, 0.3) is 11.4 Å². The Morgan fingerprint density at radius 1 is 1.31 bits per heavy atom. The molecule has 2 aromatic rings. The topological polar surface area (TPSA) is 84.7 Å². The number of hydrogen-bond donors (Lipinski definition) is 2. The van der Waals surface area contributed by atoms with Crippen LogP contribution >= 0.6 is 0 Å². The number of nitrogens with one attached hydrogen (secondary N) is 1. The summed E-state index contributed by atoms with van der Waals surface area (Å²) in [7, 11) is 0. The van der Waals surface area contributed by atoms with E-state index in [0.717, 1.165) is 5.56 Å². The van der Waals surface area contributed by atoms with Crippen molar-refractivity contribution in [2.45, 2.75) is 6.42 Å². The molecule has 2 aromatic heterocycles. The molecular weight excluding hydrogens is 204 g/mol. The third-order valence-electron chi connectivity index (χ3n) is 2.15. The fraction of sp³-hybridized carbons (Fsp3) is 0.182. The summed E-state index contributed by atoms with van der Waals surface area (Å²) in [6.45, 7) is 0.478. The van der Waals surface area contributed by atoms with Crippen LogP contribution in [0.1, 0.15) is 5.69 Å². The highest BCUT2D eigenvalue weighted by Gasteiger charge is 2.02. The van der Waals surface area contributed by atoms with Crippen LogP contribution < -0.4 is 11.3 Å².